The molecule has 5 heteroatoms. The van der Waals surface area contributed by atoms with Crippen molar-refractivity contribution in [2.75, 3.05) is 6.54 Å². The van der Waals surface area contributed by atoms with Gasteiger partial charge in [0.05, 0.1) is 16.1 Å². The summed E-state index contributed by atoms with van der Waals surface area (Å²) in [6.45, 7) is 2.19. The van der Waals surface area contributed by atoms with Crippen molar-refractivity contribution < 1.29 is 4.79 Å². The Bertz CT molecular complexity index is 380. The summed E-state index contributed by atoms with van der Waals surface area (Å²) in [7, 11) is 0. The lowest BCUT2D eigenvalue weighted by molar-refractivity contribution is -0.121. The van der Waals surface area contributed by atoms with Gasteiger partial charge >= 0.3 is 0 Å². The second kappa shape index (κ2) is 6.09. The number of amides is 1. The van der Waals surface area contributed by atoms with Crippen molar-refractivity contribution in [3.63, 3.8) is 0 Å². The molecule has 0 aliphatic rings. The maximum Gasteiger partial charge on any atom is 0.236 e. The fourth-order valence-electron chi connectivity index (χ4n) is 1.19. The van der Waals surface area contributed by atoms with E-state index in [9.17, 15) is 4.79 Å². The number of carbonyl (C=O) groups excluding carboxylic acids is 1. The van der Waals surface area contributed by atoms with Gasteiger partial charge in [0.1, 0.15) is 0 Å². The number of rotatable bonds is 4. The van der Waals surface area contributed by atoms with Crippen molar-refractivity contribution in [3.8, 4) is 0 Å². The largest absolute Gasteiger partial charge is 0.354 e. The van der Waals surface area contributed by atoms with Gasteiger partial charge in [0.2, 0.25) is 5.91 Å². The Morgan fingerprint density at radius 1 is 1.44 bits per heavy atom. The van der Waals surface area contributed by atoms with Crippen molar-refractivity contribution in [3.05, 3.63) is 33.8 Å². The fourth-order valence-corrected chi connectivity index (χ4v) is 1.51. The smallest absolute Gasteiger partial charge is 0.236 e. The molecule has 0 bridgehead atoms. The van der Waals surface area contributed by atoms with Crippen LogP contribution in [-0.4, -0.2) is 18.5 Å². The Kier molecular flexibility index (Phi) is 5.06. The highest BCUT2D eigenvalue weighted by atomic mass is 35.5. The molecule has 1 rings (SSSR count). The van der Waals surface area contributed by atoms with Crippen molar-refractivity contribution in [2.45, 2.75) is 19.4 Å². The average Bonchev–Trinajstić information content (AvgIpc) is 2.23. The van der Waals surface area contributed by atoms with E-state index in [1.807, 2.05) is 6.07 Å². The highest BCUT2D eigenvalue weighted by Crippen LogP contribution is 2.22. The van der Waals surface area contributed by atoms with Gasteiger partial charge in [-0.3, -0.25) is 4.79 Å². The first-order valence-corrected chi connectivity index (χ1v) is 5.73. The molecule has 1 amide bonds. The van der Waals surface area contributed by atoms with Gasteiger partial charge in [-0.15, -0.1) is 0 Å². The summed E-state index contributed by atoms with van der Waals surface area (Å²) in [6, 6.07) is 4.94. The number of nitrogens with two attached hydrogens (primary N) is 1. The third kappa shape index (κ3) is 4.00. The van der Waals surface area contributed by atoms with Crippen LogP contribution in [0.2, 0.25) is 10.0 Å². The summed E-state index contributed by atoms with van der Waals surface area (Å²) in [4.78, 5) is 11.2. The minimum absolute atomic E-state index is 0.153. The van der Waals surface area contributed by atoms with Crippen LogP contribution in [0.5, 0.6) is 0 Å². The SMILES string of the molecule is CC(N)C(=O)NCCc1ccc(Cl)c(Cl)c1. The number of hydrogen-bond acceptors (Lipinski definition) is 2. The topological polar surface area (TPSA) is 55.1 Å². The zero-order valence-corrected chi connectivity index (χ0v) is 10.5. The van der Waals surface area contributed by atoms with Crippen molar-refractivity contribution in [1.82, 2.24) is 5.32 Å². The zero-order valence-electron chi connectivity index (χ0n) is 8.97. The molecule has 0 aliphatic heterocycles. The molecule has 1 atom stereocenters. The normalized spacial score (nSPS) is 12.2. The number of carbonyl (C=O) groups is 1. The predicted octanol–water partition coefficient (Wildman–Crippen LogP) is 2.00. The highest BCUT2D eigenvalue weighted by Gasteiger charge is 2.06. The van der Waals surface area contributed by atoms with Crippen LogP contribution in [-0.2, 0) is 11.2 Å². The maximum atomic E-state index is 11.2. The van der Waals surface area contributed by atoms with Gasteiger partial charge in [0.25, 0.3) is 0 Å². The minimum atomic E-state index is -0.478. The van der Waals surface area contributed by atoms with Crippen molar-refractivity contribution >= 4 is 29.1 Å². The monoisotopic (exact) mass is 260 g/mol. The molecule has 0 aromatic heterocycles. The van der Waals surface area contributed by atoms with Gasteiger partial charge in [-0.05, 0) is 31.0 Å². The van der Waals surface area contributed by atoms with E-state index in [4.69, 9.17) is 28.9 Å². The van der Waals surface area contributed by atoms with Gasteiger partial charge in [-0.2, -0.15) is 0 Å². The summed E-state index contributed by atoms with van der Waals surface area (Å²) in [5.74, 6) is -0.153. The van der Waals surface area contributed by atoms with E-state index < -0.39 is 6.04 Å². The van der Waals surface area contributed by atoms with E-state index in [0.29, 0.717) is 23.0 Å². The summed E-state index contributed by atoms with van der Waals surface area (Å²) in [5.41, 5.74) is 6.44. The minimum Gasteiger partial charge on any atom is -0.354 e. The molecule has 3 N–H and O–H groups in total. The summed E-state index contributed by atoms with van der Waals surface area (Å²) in [5, 5.41) is 3.78. The van der Waals surface area contributed by atoms with Gasteiger partial charge in [-0.1, -0.05) is 29.3 Å². The third-order valence-corrected chi connectivity index (χ3v) is 2.85. The summed E-state index contributed by atoms with van der Waals surface area (Å²) >= 11 is 11.7. The summed E-state index contributed by atoms with van der Waals surface area (Å²) in [6.07, 6.45) is 0.704. The van der Waals surface area contributed by atoms with Crippen LogP contribution in [0.15, 0.2) is 18.2 Å². The molecule has 0 heterocycles. The lowest BCUT2D eigenvalue weighted by Crippen LogP contribution is -2.39. The van der Waals surface area contributed by atoms with E-state index in [0.717, 1.165) is 5.56 Å². The number of benzene rings is 1. The number of halogens is 2. The van der Waals surface area contributed by atoms with E-state index in [1.165, 1.54) is 0 Å². The lowest BCUT2D eigenvalue weighted by Gasteiger charge is -2.08. The van der Waals surface area contributed by atoms with E-state index in [2.05, 4.69) is 5.32 Å². The van der Waals surface area contributed by atoms with Crippen LogP contribution in [0.3, 0.4) is 0 Å². The third-order valence-electron chi connectivity index (χ3n) is 2.11. The van der Waals surface area contributed by atoms with Crippen molar-refractivity contribution in [1.29, 1.82) is 0 Å². The Morgan fingerprint density at radius 2 is 2.12 bits per heavy atom. The van der Waals surface area contributed by atoms with Gasteiger partial charge in [0, 0.05) is 6.54 Å². The molecule has 0 spiro atoms. The molecular formula is C11H14Cl2N2O. The fraction of sp³-hybridized carbons (Fsp3) is 0.364. The molecule has 88 valence electrons. The molecular weight excluding hydrogens is 247 g/mol. The number of hydrogen-bond donors (Lipinski definition) is 2. The first-order valence-electron chi connectivity index (χ1n) is 4.98. The first-order chi connectivity index (χ1) is 7.50. The Morgan fingerprint density at radius 3 is 2.69 bits per heavy atom. The van der Waals surface area contributed by atoms with Crippen LogP contribution in [0.1, 0.15) is 12.5 Å². The van der Waals surface area contributed by atoms with Crippen LogP contribution >= 0.6 is 23.2 Å². The molecule has 0 fully saturated rings. The van der Waals surface area contributed by atoms with Crippen LogP contribution in [0.25, 0.3) is 0 Å². The molecule has 0 saturated heterocycles. The highest BCUT2D eigenvalue weighted by molar-refractivity contribution is 6.42. The number of nitrogens with one attached hydrogen (secondary N) is 1. The molecule has 1 aromatic rings. The van der Waals surface area contributed by atoms with Crippen LogP contribution in [0.4, 0.5) is 0 Å². The molecule has 1 aromatic carbocycles. The van der Waals surface area contributed by atoms with E-state index in [-0.39, 0.29) is 5.91 Å². The molecule has 1 unspecified atom stereocenters. The van der Waals surface area contributed by atoms with Gasteiger partial charge in [0.15, 0.2) is 0 Å². The molecule has 3 nitrogen and oxygen atoms in total. The van der Waals surface area contributed by atoms with Crippen molar-refractivity contribution in [2.24, 2.45) is 5.73 Å². The summed E-state index contributed by atoms with van der Waals surface area (Å²) < 4.78 is 0. The Labute approximate surface area is 105 Å². The molecule has 0 saturated carbocycles. The average molecular weight is 261 g/mol. The quantitative estimate of drug-likeness (QED) is 0.870. The lowest BCUT2D eigenvalue weighted by atomic mass is 10.1. The van der Waals surface area contributed by atoms with Crippen LogP contribution < -0.4 is 11.1 Å². The molecule has 0 radical (unpaired) electrons. The first kappa shape index (κ1) is 13.3. The van der Waals surface area contributed by atoms with Gasteiger partial charge in [-0.25, -0.2) is 0 Å². The van der Waals surface area contributed by atoms with Crippen LogP contribution in [0, 0.1) is 0 Å². The standard InChI is InChI=1S/C11H14Cl2N2O/c1-7(14)11(16)15-5-4-8-2-3-9(12)10(13)6-8/h2-3,6-7H,4-5,14H2,1H3,(H,15,16). The maximum absolute atomic E-state index is 11.2. The van der Waals surface area contributed by atoms with E-state index in [1.54, 1.807) is 19.1 Å². The Balaban J connectivity index is 2.43. The van der Waals surface area contributed by atoms with Gasteiger partial charge < -0.3 is 11.1 Å². The molecule has 0 aliphatic carbocycles. The molecule has 16 heavy (non-hydrogen) atoms. The van der Waals surface area contributed by atoms with E-state index >= 15 is 0 Å². The second-order valence-electron chi connectivity index (χ2n) is 3.58. The Hall–Kier alpha value is -0.770. The predicted molar refractivity (Wildman–Crippen MR) is 66.8 cm³/mol. The second-order valence-corrected chi connectivity index (χ2v) is 4.39. The zero-order chi connectivity index (χ0) is 12.1.